The molecule has 0 bridgehead atoms. The maximum absolute atomic E-state index is 12.9. The van der Waals surface area contributed by atoms with Gasteiger partial charge in [-0.2, -0.15) is 0 Å². The number of carboxylic acids is 1. The lowest BCUT2D eigenvalue weighted by Crippen LogP contribution is -2.46. The van der Waals surface area contributed by atoms with Gasteiger partial charge in [0.2, 0.25) is 5.91 Å². The Labute approximate surface area is 201 Å². The molecule has 7 heteroatoms. The number of amides is 2. The summed E-state index contributed by atoms with van der Waals surface area (Å²) in [4.78, 5) is 38.1. The van der Waals surface area contributed by atoms with Crippen LogP contribution in [-0.4, -0.2) is 53.2 Å². The first kappa shape index (κ1) is 25.3. The lowest BCUT2D eigenvalue weighted by atomic mass is 9.98. The molecular formula is C27H34N2O5. The zero-order valence-electron chi connectivity index (χ0n) is 20.3. The van der Waals surface area contributed by atoms with Gasteiger partial charge in [-0.1, -0.05) is 62.4 Å². The quantitative estimate of drug-likeness (QED) is 0.531. The Bertz CT molecular complexity index is 988. The van der Waals surface area contributed by atoms with Crippen molar-refractivity contribution >= 4 is 18.0 Å². The molecule has 3 rings (SSSR count). The van der Waals surface area contributed by atoms with E-state index in [2.05, 4.69) is 29.6 Å². The highest BCUT2D eigenvalue weighted by Gasteiger charge is 2.30. The van der Waals surface area contributed by atoms with Gasteiger partial charge in [0.05, 0.1) is 6.42 Å². The Hall–Kier alpha value is -3.35. The first-order valence-corrected chi connectivity index (χ1v) is 11.8. The molecule has 2 aromatic rings. The standard InChI is InChI=1S/C27H34N2O5/c1-17(2)24(15-25(30)29(18(3)4)14-13-26(31)32)28-27(33)34-16-23-21-11-7-5-9-19(21)20-10-6-8-12-22(20)23/h5-12,17-18,23-24H,13-16H2,1-4H3,(H,28,33)(H,31,32). The van der Waals surface area contributed by atoms with E-state index in [0.717, 1.165) is 22.3 Å². The maximum atomic E-state index is 12.9. The molecule has 0 spiro atoms. The summed E-state index contributed by atoms with van der Waals surface area (Å²) in [7, 11) is 0. The minimum Gasteiger partial charge on any atom is -0.481 e. The van der Waals surface area contributed by atoms with E-state index in [1.54, 1.807) is 4.90 Å². The van der Waals surface area contributed by atoms with Crippen LogP contribution >= 0.6 is 0 Å². The number of hydrogen-bond acceptors (Lipinski definition) is 4. The summed E-state index contributed by atoms with van der Waals surface area (Å²) in [6.45, 7) is 7.90. The first-order chi connectivity index (χ1) is 16.2. The molecule has 182 valence electrons. The third kappa shape index (κ3) is 5.95. The van der Waals surface area contributed by atoms with Gasteiger partial charge in [0.15, 0.2) is 0 Å². The van der Waals surface area contributed by atoms with E-state index in [4.69, 9.17) is 9.84 Å². The van der Waals surface area contributed by atoms with Crippen LogP contribution in [0.15, 0.2) is 48.5 Å². The van der Waals surface area contributed by atoms with E-state index in [-0.39, 0.29) is 49.8 Å². The Balaban J connectivity index is 1.62. The fourth-order valence-corrected chi connectivity index (χ4v) is 4.44. The van der Waals surface area contributed by atoms with Gasteiger partial charge in [-0.3, -0.25) is 9.59 Å². The molecule has 0 heterocycles. The lowest BCUT2D eigenvalue weighted by Gasteiger charge is -2.29. The molecule has 0 saturated carbocycles. The molecular weight excluding hydrogens is 432 g/mol. The minimum absolute atomic E-state index is 0.00193. The number of aliphatic carboxylic acids is 1. The largest absolute Gasteiger partial charge is 0.481 e. The smallest absolute Gasteiger partial charge is 0.407 e. The second kappa shape index (κ2) is 11.2. The monoisotopic (exact) mass is 466 g/mol. The molecule has 1 atom stereocenters. The molecule has 2 amide bonds. The molecule has 1 unspecified atom stereocenters. The number of rotatable bonds is 10. The highest BCUT2D eigenvalue weighted by atomic mass is 16.5. The molecule has 0 fully saturated rings. The average Bonchev–Trinajstić information content (AvgIpc) is 3.10. The number of carbonyl (C=O) groups excluding carboxylic acids is 2. The number of carbonyl (C=O) groups is 3. The maximum Gasteiger partial charge on any atom is 0.407 e. The molecule has 2 aromatic carbocycles. The molecule has 0 aliphatic heterocycles. The molecule has 0 radical (unpaired) electrons. The second-order valence-corrected chi connectivity index (χ2v) is 9.35. The van der Waals surface area contributed by atoms with Crippen molar-refractivity contribution in [2.75, 3.05) is 13.2 Å². The normalized spacial score (nSPS) is 13.4. The summed E-state index contributed by atoms with van der Waals surface area (Å²) >= 11 is 0. The van der Waals surface area contributed by atoms with E-state index >= 15 is 0 Å². The van der Waals surface area contributed by atoms with E-state index in [0.29, 0.717) is 0 Å². The Morgan fingerprint density at radius 2 is 1.53 bits per heavy atom. The van der Waals surface area contributed by atoms with Crippen LogP contribution in [0.2, 0.25) is 0 Å². The molecule has 34 heavy (non-hydrogen) atoms. The number of benzene rings is 2. The highest BCUT2D eigenvalue weighted by Crippen LogP contribution is 2.44. The van der Waals surface area contributed by atoms with E-state index in [1.165, 1.54) is 0 Å². The van der Waals surface area contributed by atoms with Gasteiger partial charge >= 0.3 is 12.1 Å². The van der Waals surface area contributed by atoms with Crippen molar-refractivity contribution in [1.82, 2.24) is 10.2 Å². The van der Waals surface area contributed by atoms with Gasteiger partial charge in [-0.05, 0) is 42.0 Å². The van der Waals surface area contributed by atoms with E-state index in [9.17, 15) is 14.4 Å². The highest BCUT2D eigenvalue weighted by molar-refractivity contribution is 5.80. The van der Waals surface area contributed by atoms with Crippen molar-refractivity contribution in [2.24, 2.45) is 5.92 Å². The predicted molar refractivity (Wildman–Crippen MR) is 131 cm³/mol. The lowest BCUT2D eigenvalue weighted by molar-refractivity contribution is -0.139. The van der Waals surface area contributed by atoms with Crippen molar-refractivity contribution in [1.29, 1.82) is 0 Å². The van der Waals surface area contributed by atoms with Gasteiger partial charge in [-0.15, -0.1) is 0 Å². The van der Waals surface area contributed by atoms with Crippen LogP contribution in [0, 0.1) is 5.92 Å². The first-order valence-electron chi connectivity index (χ1n) is 11.8. The Morgan fingerprint density at radius 1 is 0.971 bits per heavy atom. The number of carboxylic acid groups (broad SMARTS) is 1. The molecule has 2 N–H and O–H groups in total. The zero-order chi connectivity index (χ0) is 24.8. The summed E-state index contributed by atoms with van der Waals surface area (Å²) in [5.74, 6) is -1.17. The van der Waals surface area contributed by atoms with Crippen LogP contribution in [0.3, 0.4) is 0 Å². The van der Waals surface area contributed by atoms with Crippen LogP contribution in [0.4, 0.5) is 4.79 Å². The number of hydrogen-bond donors (Lipinski definition) is 2. The SMILES string of the molecule is CC(C)C(CC(=O)N(CCC(=O)O)C(C)C)NC(=O)OCC1c2ccccc2-c2ccccc21. The fourth-order valence-electron chi connectivity index (χ4n) is 4.44. The van der Waals surface area contributed by atoms with Crippen molar-refractivity contribution in [3.05, 3.63) is 59.7 Å². The van der Waals surface area contributed by atoms with Gasteiger partial charge in [0, 0.05) is 31.0 Å². The Morgan fingerprint density at radius 3 is 2.03 bits per heavy atom. The summed E-state index contributed by atoms with van der Waals surface area (Å²) in [5, 5.41) is 11.8. The van der Waals surface area contributed by atoms with Crippen LogP contribution in [0.1, 0.15) is 57.6 Å². The van der Waals surface area contributed by atoms with Crippen molar-refractivity contribution in [3.63, 3.8) is 0 Å². The van der Waals surface area contributed by atoms with Crippen LogP contribution in [-0.2, 0) is 14.3 Å². The van der Waals surface area contributed by atoms with E-state index in [1.807, 2.05) is 52.0 Å². The summed E-state index contributed by atoms with van der Waals surface area (Å²) in [6, 6.07) is 15.7. The summed E-state index contributed by atoms with van der Waals surface area (Å²) < 4.78 is 5.64. The third-order valence-electron chi connectivity index (χ3n) is 6.36. The topological polar surface area (TPSA) is 95.9 Å². The minimum atomic E-state index is -0.948. The van der Waals surface area contributed by atoms with Crippen LogP contribution in [0.25, 0.3) is 11.1 Å². The van der Waals surface area contributed by atoms with Crippen molar-refractivity contribution in [2.45, 2.75) is 58.5 Å². The molecule has 7 nitrogen and oxygen atoms in total. The molecule has 0 saturated heterocycles. The van der Waals surface area contributed by atoms with Gasteiger partial charge in [-0.25, -0.2) is 4.79 Å². The van der Waals surface area contributed by atoms with Crippen molar-refractivity contribution in [3.8, 4) is 11.1 Å². The number of nitrogens with zero attached hydrogens (tertiary/aromatic N) is 1. The van der Waals surface area contributed by atoms with Gasteiger partial charge in [0.1, 0.15) is 6.61 Å². The number of nitrogens with one attached hydrogen (secondary N) is 1. The van der Waals surface area contributed by atoms with Crippen molar-refractivity contribution < 1.29 is 24.2 Å². The number of alkyl carbamates (subject to hydrolysis) is 1. The van der Waals surface area contributed by atoms with Gasteiger partial charge in [0.25, 0.3) is 0 Å². The third-order valence-corrected chi connectivity index (χ3v) is 6.36. The van der Waals surface area contributed by atoms with Crippen LogP contribution in [0.5, 0.6) is 0 Å². The molecule has 0 aromatic heterocycles. The van der Waals surface area contributed by atoms with Gasteiger partial charge < -0.3 is 20.1 Å². The number of ether oxygens (including phenoxy) is 1. The summed E-state index contributed by atoms with van der Waals surface area (Å²) in [5.41, 5.74) is 4.59. The predicted octanol–water partition coefficient (Wildman–Crippen LogP) is 4.65. The molecule has 1 aliphatic rings. The second-order valence-electron chi connectivity index (χ2n) is 9.35. The van der Waals surface area contributed by atoms with E-state index < -0.39 is 18.1 Å². The summed E-state index contributed by atoms with van der Waals surface area (Å²) in [6.07, 6.45) is -0.592. The number of fused-ring (bicyclic) bond motifs is 3. The average molecular weight is 467 g/mol. The zero-order valence-corrected chi connectivity index (χ0v) is 20.3. The van der Waals surface area contributed by atoms with Crippen LogP contribution < -0.4 is 5.32 Å². The Kier molecular flexibility index (Phi) is 8.31. The molecule has 1 aliphatic carbocycles. The fraction of sp³-hybridized carbons (Fsp3) is 0.444.